The van der Waals surface area contributed by atoms with Crippen LogP contribution in [0.25, 0.3) is 5.69 Å². The van der Waals surface area contributed by atoms with Gasteiger partial charge in [-0.25, -0.2) is 4.68 Å². The molecule has 7 heteroatoms. The number of aryl methyl sites for hydroxylation is 3. The van der Waals surface area contributed by atoms with Crippen LogP contribution < -0.4 is 14.8 Å². The van der Waals surface area contributed by atoms with Crippen LogP contribution in [0.3, 0.4) is 0 Å². The first kappa shape index (κ1) is 19.4. The number of anilines is 1. The summed E-state index contributed by atoms with van der Waals surface area (Å²) in [6.45, 7) is 6.85. The van der Waals surface area contributed by atoms with Crippen LogP contribution in [0.4, 0.5) is 5.82 Å². The lowest BCUT2D eigenvalue weighted by Crippen LogP contribution is -2.28. The summed E-state index contributed by atoms with van der Waals surface area (Å²) in [7, 11) is 0. The van der Waals surface area contributed by atoms with E-state index in [1.807, 2.05) is 32.9 Å². The number of carbonyl (C=O) groups excluding carboxylic acids is 2. The van der Waals surface area contributed by atoms with Crippen molar-refractivity contribution >= 4 is 17.5 Å². The lowest BCUT2D eigenvalue weighted by molar-refractivity contribution is -0.116. The largest absolute Gasteiger partial charge is 0.486 e. The van der Waals surface area contributed by atoms with E-state index in [9.17, 15) is 9.59 Å². The van der Waals surface area contributed by atoms with Gasteiger partial charge in [0.15, 0.2) is 17.3 Å². The summed E-state index contributed by atoms with van der Waals surface area (Å²) >= 11 is 0. The lowest BCUT2D eigenvalue weighted by Gasteiger charge is -2.24. The predicted molar refractivity (Wildman–Crippen MR) is 116 cm³/mol. The fraction of sp³-hybridized carbons (Fsp3) is 0.292. The second-order valence-electron chi connectivity index (χ2n) is 8.13. The number of amides is 1. The molecular formula is C24H23N3O4. The number of ketones is 1. The van der Waals surface area contributed by atoms with Gasteiger partial charge in [0.1, 0.15) is 19.0 Å². The molecule has 1 unspecified atom stereocenters. The normalized spacial score (nSPS) is 17.1. The number of nitrogens with zero attached hydrogens (tertiary/aromatic N) is 2. The van der Waals surface area contributed by atoms with Crippen LogP contribution in [0.1, 0.15) is 45.1 Å². The van der Waals surface area contributed by atoms with Gasteiger partial charge in [-0.15, -0.1) is 0 Å². The molecule has 2 aliphatic heterocycles. The number of rotatable bonds is 3. The number of hydrogen-bond acceptors (Lipinski definition) is 5. The molecule has 3 aromatic rings. The van der Waals surface area contributed by atoms with Crippen molar-refractivity contribution in [3.8, 4) is 17.2 Å². The Hall–Kier alpha value is -3.61. The Kier molecular flexibility index (Phi) is 4.54. The molecular weight excluding hydrogens is 394 g/mol. The molecule has 158 valence electrons. The van der Waals surface area contributed by atoms with E-state index >= 15 is 0 Å². The molecule has 1 amide bonds. The highest BCUT2D eigenvalue weighted by Crippen LogP contribution is 2.40. The monoisotopic (exact) mass is 417 g/mol. The summed E-state index contributed by atoms with van der Waals surface area (Å²) in [5, 5.41) is 7.62. The minimum Gasteiger partial charge on any atom is -0.486 e. The van der Waals surface area contributed by atoms with E-state index in [0.29, 0.717) is 36.1 Å². The summed E-state index contributed by atoms with van der Waals surface area (Å²) in [6.07, 6.45) is 0.0830. The fourth-order valence-corrected chi connectivity index (χ4v) is 4.43. The number of carbonyl (C=O) groups is 2. The van der Waals surface area contributed by atoms with Crippen molar-refractivity contribution in [2.45, 2.75) is 33.1 Å². The van der Waals surface area contributed by atoms with Crippen molar-refractivity contribution in [3.05, 3.63) is 64.3 Å². The van der Waals surface area contributed by atoms with Gasteiger partial charge in [0, 0.05) is 17.5 Å². The van der Waals surface area contributed by atoms with Gasteiger partial charge < -0.3 is 14.8 Å². The summed E-state index contributed by atoms with van der Waals surface area (Å²) in [5.74, 6) is 0.814. The lowest BCUT2D eigenvalue weighted by atomic mass is 9.85. The molecule has 0 radical (unpaired) electrons. The maximum atomic E-state index is 13.5. The third-order valence-corrected chi connectivity index (χ3v) is 5.70. The van der Waals surface area contributed by atoms with Crippen LogP contribution in [0, 0.1) is 20.8 Å². The van der Waals surface area contributed by atoms with Crippen molar-refractivity contribution < 1.29 is 19.1 Å². The van der Waals surface area contributed by atoms with Gasteiger partial charge in [0.2, 0.25) is 5.91 Å². The first-order valence-electron chi connectivity index (χ1n) is 10.3. The summed E-state index contributed by atoms with van der Waals surface area (Å²) in [5.41, 5.74) is 5.04. The molecule has 7 nitrogen and oxygen atoms in total. The van der Waals surface area contributed by atoms with Crippen LogP contribution in [0.15, 0.2) is 36.4 Å². The molecule has 0 aliphatic carbocycles. The molecule has 2 aliphatic rings. The van der Waals surface area contributed by atoms with Crippen molar-refractivity contribution in [1.82, 2.24) is 9.78 Å². The minimum absolute atomic E-state index is 0.0830. The number of aromatic nitrogens is 2. The highest BCUT2D eigenvalue weighted by Gasteiger charge is 2.36. The van der Waals surface area contributed by atoms with Crippen LogP contribution in [0.2, 0.25) is 0 Å². The molecule has 0 saturated carbocycles. The van der Waals surface area contributed by atoms with Gasteiger partial charge in [0.25, 0.3) is 0 Å². The van der Waals surface area contributed by atoms with Crippen LogP contribution in [-0.2, 0) is 4.79 Å². The van der Waals surface area contributed by atoms with Gasteiger partial charge in [-0.05, 0) is 62.2 Å². The molecule has 5 rings (SSSR count). The van der Waals surface area contributed by atoms with Gasteiger partial charge in [-0.1, -0.05) is 6.07 Å². The average molecular weight is 417 g/mol. The number of ether oxygens (including phenoxy) is 2. The van der Waals surface area contributed by atoms with Crippen molar-refractivity contribution in [2.75, 3.05) is 18.5 Å². The number of fused-ring (bicyclic) bond motifs is 2. The number of hydrogen-bond donors (Lipinski definition) is 1. The highest BCUT2D eigenvalue weighted by molar-refractivity contribution is 6.08. The number of Topliss-reactive ketones (excluding diaryl/α,β-unsaturated/α-hetero) is 1. The van der Waals surface area contributed by atoms with E-state index in [1.54, 1.807) is 22.9 Å². The van der Waals surface area contributed by atoms with Crippen LogP contribution in [-0.4, -0.2) is 34.7 Å². The molecule has 0 bridgehead atoms. The zero-order valence-corrected chi connectivity index (χ0v) is 17.7. The van der Waals surface area contributed by atoms with Crippen molar-refractivity contribution in [2.24, 2.45) is 0 Å². The van der Waals surface area contributed by atoms with Gasteiger partial charge in [-0.3, -0.25) is 9.59 Å². The molecule has 0 spiro atoms. The van der Waals surface area contributed by atoms with Gasteiger partial charge in [0.05, 0.1) is 17.3 Å². The Morgan fingerprint density at radius 2 is 1.74 bits per heavy atom. The van der Waals surface area contributed by atoms with E-state index in [1.165, 1.54) is 0 Å². The average Bonchev–Trinajstić information content (AvgIpc) is 3.08. The number of nitrogens with one attached hydrogen (secondary N) is 1. The molecule has 3 heterocycles. The summed E-state index contributed by atoms with van der Waals surface area (Å²) < 4.78 is 12.9. The zero-order chi connectivity index (χ0) is 21.7. The predicted octanol–water partition coefficient (Wildman–Crippen LogP) is 3.88. The molecule has 1 aromatic heterocycles. The third kappa shape index (κ3) is 3.36. The second kappa shape index (κ2) is 7.27. The van der Waals surface area contributed by atoms with Crippen molar-refractivity contribution in [3.63, 3.8) is 0 Å². The van der Waals surface area contributed by atoms with E-state index in [4.69, 9.17) is 9.47 Å². The van der Waals surface area contributed by atoms with Gasteiger partial charge in [-0.2, -0.15) is 5.10 Å². The molecule has 1 atom stereocenters. The molecule has 31 heavy (non-hydrogen) atoms. The fourth-order valence-electron chi connectivity index (χ4n) is 4.43. The minimum atomic E-state index is -0.606. The first-order valence-corrected chi connectivity index (χ1v) is 10.3. The first-order chi connectivity index (χ1) is 14.9. The standard InChI is InChI=1S/C24H23N3O4/c1-13-8-14(2)10-17(9-13)27-24-22(15(3)26-27)18(12-21(28)25-24)23(29)16-4-5-19-20(11-16)31-7-6-30-19/h4-5,8-11,18H,6-7,12H2,1-3H3,(H,25,28). The molecule has 2 aromatic carbocycles. The smallest absolute Gasteiger partial charge is 0.226 e. The SMILES string of the molecule is Cc1cc(C)cc(-n2nc(C)c3c2NC(=O)CC3C(=O)c2ccc3c(c2)OCCO3)c1. The van der Waals surface area contributed by atoms with Crippen LogP contribution >= 0.6 is 0 Å². The van der Waals surface area contributed by atoms with E-state index in [2.05, 4.69) is 16.5 Å². The molecule has 0 saturated heterocycles. The van der Waals surface area contributed by atoms with Crippen molar-refractivity contribution in [1.29, 1.82) is 0 Å². The second-order valence-corrected chi connectivity index (χ2v) is 8.13. The summed E-state index contributed by atoms with van der Waals surface area (Å²) in [4.78, 5) is 26.1. The van der Waals surface area contributed by atoms with Crippen LogP contribution in [0.5, 0.6) is 11.5 Å². The maximum absolute atomic E-state index is 13.5. The maximum Gasteiger partial charge on any atom is 0.226 e. The Balaban J connectivity index is 1.58. The summed E-state index contributed by atoms with van der Waals surface area (Å²) in [6, 6.07) is 11.3. The zero-order valence-electron chi connectivity index (χ0n) is 17.7. The number of benzene rings is 2. The molecule has 1 N–H and O–H groups in total. The Labute approximate surface area is 180 Å². The Bertz CT molecular complexity index is 1210. The van der Waals surface area contributed by atoms with E-state index < -0.39 is 5.92 Å². The third-order valence-electron chi connectivity index (χ3n) is 5.70. The van der Waals surface area contributed by atoms with E-state index in [0.717, 1.165) is 28.1 Å². The Morgan fingerprint density at radius 1 is 1.03 bits per heavy atom. The molecule has 0 fully saturated rings. The Morgan fingerprint density at radius 3 is 2.48 bits per heavy atom. The topological polar surface area (TPSA) is 82.5 Å². The van der Waals surface area contributed by atoms with E-state index in [-0.39, 0.29) is 18.1 Å². The highest BCUT2D eigenvalue weighted by atomic mass is 16.6. The van der Waals surface area contributed by atoms with Gasteiger partial charge >= 0.3 is 0 Å². The quantitative estimate of drug-likeness (QED) is 0.654.